The molecular weight excluding hydrogens is 759 g/mol. The second kappa shape index (κ2) is 14.8. The zero-order chi connectivity index (χ0) is 42.2. The molecule has 1 N–H and O–H groups in total. The molecular formula is C60H48BN2. The van der Waals surface area contributed by atoms with Gasteiger partial charge in [0.2, 0.25) is 0 Å². The summed E-state index contributed by atoms with van der Waals surface area (Å²) in [6.07, 6.45) is 4.85. The van der Waals surface area contributed by atoms with E-state index in [-0.39, 0.29) is 5.41 Å². The molecule has 1 aliphatic carbocycles. The first-order chi connectivity index (χ1) is 31.0. The zero-order valence-electron chi connectivity index (χ0n) is 36.2. The summed E-state index contributed by atoms with van der Waals surface area (Å²) in [5, 5.41) is 9.00. The van der Waals surface area contributed by atoms with Crippen molar-refractivity contribution < 1.29 is 0 Å². The number of nitrogens with one attached hydrogen (secondary N) is 1. The van der Waals surface area contributed by atoms with Gasteiger partial charge in [0.15, 0.2) is 7.28 Å². The maximum Gasteiger partial charge on any atom is 0.197 e. The molecule has 2 heterocycles. The molecule has 2 aliphatic rings. The number of rotatable bonds is 9. The van der Waals surface area contributed by atoms with Gasteiger partial charge in [0.05, 0.1) is 5.52 Å². The lowest BCUT2D eigenvalue weighted by Gasteiger charge is -2.28. The van der Waals surface area contributed by atoms with E-state index < -0.39 is 0 Å². The molecule has 63 heavy (non-hydrogen) atoms. The van der Waals surface area contributed by atoms with E-state index in [1.54, 1.807) is 0 Å². The van der Waals surface area contributed by atoms with Crippen molar-refractivity contribution in [2.24, 2.45) is 0 Å². The maximum atomic E-state index is 3.90. The van der Waals surface area contributed by atoms with Gasteiger partial charge in [-0.15, -0.1) is 0 Å². The fraction of sp³-hybridized carbons (Fsp3) is 0.133. The molecule has 301 valence electrons. The van der Waals surface area contributed by atoms with Gasteiger partial charge in [0, 0.05) is 44.3 Å². The number of aromatic nitrogens is 1. The van der Waals surface area contributed by atoms with Gasteiger partial charge in [0.25, 0.3) is 0 Å². The molecule has 12 rings (SSSR count). The summed E-state index contributed by atoms with van der Waals surface area (Å²) in [7, 11) is 2.50. The normalized spacial score (nSPS) is 13.2. The van der Waals surface area contributed by atoms with E-state index in [0.717, 1.165) is 17.8 Å². The van der Waals surface area contributed by atoms with E-state index in [1.807, 2.05) is 0 Å². The van der Waals surface area contributed by atoms with E-state index in [1.165, 1.54) is 130 Å². The smallest absolute Gasteiger partial charge is 0.197 e. The Morgan fingerprint density at radius 3 is 2.08 bits per heavy atom. The van der Waals surface area contributed by atoms with Crippen LogP contribution in [0.2, 0.25) is 0 Å². The third-order valence-electron chi connectivity index (χ3n) is 14.1. The topological polar surface area (TPSA) is 17.0 Å². The first-order valence-electron chi connectivity index (χ1n) is 22.7. The number of aryl methyl sites for hydroxylation is 1. The highest BCUT2D eigenvalue weighted by atomic mass is 15.0. The third kappa shape index (κ3) is 5.94. The fourth-order valence-corrected chi connectivity index (χ4v) is 11.0. The van der Waals surface area contributed by atoms with Crippen molar-refractivity contribution >= 4 is 62.2 Å². The Labute approximate surface area is 371 Å². The fourth-order valence-electron chi connectivity index (χ4n) is 11.0. The van der Waals surface area contributed by atoms with Gasteiger partial charge in [0.1, 0.15) is 0 Å². The van der Waals surface area contributed by atoms with Gasteiger partial charge in [-0.1, -0.05) is 185 Å². The molecule has 0 bridgehead atoms. The quantitative estimate of drug-likeness (QED) is 0.114. The standard InChI is InChI=1S/C60H48BN2/c1-4-5-7-18-38-29-32-41(33-30-38)62-53-28-17-15-26-46(53)49-35-48(44-24-13-12-22-42(44)39-19-8-6-9-20-39)57-56-43-23-11-10-21-40(43)31-34-54(56)63-55-36-47-45-25-14-16-27-50(45)60(2,3)51(47)37-52(55)61-58(49)59(57)63/h6,8-17,19-37,62H,4-5,7,18H2,1-3H3. The van der Waals surface area contributed by atoms with E-state index in [4.69, 9.17) is 0 Å². The Hall–Kier alpha value is -7.10. The van der Waals surface area contributed by atoms with Crippen LogP contribution in [0.3, 0.4) is 0 Å². The second-order valence-corrected chi connectivity index (χ2v) is 18.1. The SMILES string of the molecule is CCCCCc1ccc(Nc2ccccc2-c2cc(-c3ccccc3-c3ccccc3)c3c4c5ccccc5ccc4n4c3c2[B]c2cc3c(cc2-4)-c2ccccc2C3(C)C)cc1. The predicted molar refractivity (Wildman–Crippen MR) is 270 cm³/mol. The monoisotopic (exact) mass is 807 g/mol. The molecule has 0 unspecified atom stereocenters. The summed E-state index contributed by atoms with van der Waals surface area (Å²) in [6, 6.07) is 68.0. The molecule has 1 aromatic heterocycles. The van der Waals surface area contributed by atoms with E-state index >= 15 is 0 Å². The Morgan fingerprint density at radius 1 is 0.540 bits per heavy atom. The van der Waals surface area contributed by atoms with Crippen LogP contribution < -0.4 is 16.2 Å². The molecule has 0 saturated heterocycles. The van der Waals surface area contributed by atoms with Crippen LogP contribution in [0.15, 0.2) is 182 Å². The molecule has 0 atom stereocenters. The predicted octanol–water partition coefficient (Wildman–Crippen LogP) is 14.7. The van der Waals surface area contributed by atoms with Gasteiger partial charge in [-0.3, -0.25) is 0 Å². The van der Waals surface area contributed by atoms with Crippen LogP contribution in [-0.4, -0.2) is 11.8 Å². The Bertz CT molecular complexity index is 3430. The largest absolute Gasteiger partial charge is 0.355 e. The molecule has 0 spiro atoms. The average Bonchev–Trinajstić information content (AvgIpc) is 3.79. The van der Waals surface area contributed by atoms with Crippen molar-refractivity contribution in [2.75, 3.05) is 5.32 Å². The Balaban J connectivity index is 1.18. The van der Waals surface area contributed by atoms with Crippen LogP contribution in [0.5, 0.6) is 0 Å². The summed E-state index contributed by atoms with van der Waals surface area (Å²) in [5.41, 5.74) is 22.4. The van der Waals surface area contributed by atoms with Crippen molar-refractivity contribution in [1.29, 1.82) is 0 Å². The number of hydrogen-bond acceptors (Lipinski definition) is 1. The van der Waals surface area contributed by atoms with Crippen LogP contribution in [0.1, 0.15) is 56.7 Å². The van der Waals surface area contributed by atoms with Gasteiger partial charge in [-0.2, -0.15) is 0 Å². The Morgan fingerprint density at radius 2 is 1.25 bits per heavy atom. The van der Waals surface area contributed by atoms with E-state index in [9.17, 15) is 0 Å². The van der Waals surface area contributed by atoms with Crippen LogP contribution >= 0.6 is 0 Å². The molecule has 0 amide bonds. The minimum Gasteiger partial charge on any atom is -0.355 e. The van der Waals surface area contributed by atoms with E-state index in [2.05, 4.69) is 220 Å². The van der Waals surface area contributed by atoms with Crippen molar-refractivity contribution in [3.8, 4) is 50.2 Å². The second-order valence-electron chi connectivity index (χ2n) is 18.1. The number of anilines is 2. The lowest BCUT2D eigenvalue weighted by molar-refractivity contribution is 0.661. The van der Waals surface area contributed by atoms with Crippen LogP contribution in [-0.2, 0) is 11.8 Å². The lowest BCUT2D eigenvalue weighted by atomic mass is 9.58. The number of hydrogen-bond donors (Lipinski definition) is 1. The highest BCUT2D eigenvalue weighted by molar-refractivity contribution is 6.74. The summed E-state index contributed by atoms with van der Waals surface area (Å²) < 4.78 is 2.61. The van der Waals surface area contributed by atoms with Gasteiger partial charge < -0.3 is 9.88 Å². The number of benzene rings is 9. The average molecular weight is 808 g/mol. The molecule has 3 heteroatoms. The molecule has 1 radical (unpaired) electrons. The molecule has 10 aromatic rings. The first-order valence-corrected chi connectivity index (χ1v) is 22.7. The van der Waals surface area contributed by atoms with Crippen molar-refractivity contribution in [3.05, 3.63) is 199 Å². The van der Waals surface area contributed by atoms with Crippen LogP contribution in [0, 0.1) is 0 Å². The number of fused-ring (bicyclic) bond motifs is 10. The molecule has 2 nitrogen and oxygen atoms in total. The van der Waals surface area contributed by atoms with Gasteiger partial charge in [-0.25, -0.2) is 0 Å². The Kier molecular flexibility index (Phi) is 8.83. The maximum absolute atomic E-state index is 3.90. The van der Waals surface area contributed by atoms with Crippen LogP contribution in [0.25, 0.3) is 82.8 Å². The molecule has 1 aliphatic heterocycles. The summed E-state index contributed by atoms with van der Waals surface area (Å²) >= 11 is 0. The zero-order valence-corrected chi connectivity index (χ0v) is 36.2. The summed E-state index contributed by atoms with van der Waals surface area (Å²) in [5.74, 6) is 0. The highest BCUT2D eigenvalue weighted by Gasteiger charge is 2.38. The van der Waals surface area contributed by atoms with Crippen LogP contribution in [0.4, 0.5) is 11.4 Å². The van der Waals surface area contributed by atoms with E-state index in [0.29, 0.717) is 0 Å². The summed E-state index contributed by atoms with van der Waals surface area (Å²) in [6.45, 7) is 7.04. The third-order valence-corrected chi connectivity index (χ3v) is 14.1. The molecule has 0 fully saturated rings. The van der Waals surface area contributed by atoms with Crippen molar-refractivity contribution in [2.45, 2.75) is 51.9 Å². The lowest BCUT2D eigenvalue weighted by Crippen LogP contribution is -2.38. The van der Waals surface area contributed by atoms with Gasteiger partial charge >= 0.3 is 0 Å². The van der Waals surface area contributed by atoms with Crippen molar-refractivity contribution in [3.63, 3.8) is 0 Å². The first kappa shape index (κ1) is 37.6. The minimum absolute atomic E-state index is 0.116. The van der Waals surface area contributed by atoms with Gasteiger partial charge in [-0.05, 0) is 121 Å². The summed E-state index contributed by atoms with van der Waals surface area (Å²) in [4.78, 5) is 0. The molecule has 0 saturated carbocycles. The number of nitrogens with zero attached hydrogens (tertiary/aromatic N) is 1. The molecule has 9 aromatic carbocycles. The highest BCUT2D eigenvalue weighted by Crippen LogP contribution is 2.51. The number of unbranched alkanes of at least 4 members (excludes halogenated alkanes) is 2. The number of para-hydroxylation sites is 1. The minimum atomic E-state index is -0.116. The van der Waals surface area contributed by atoms with Crippen molar-refractivity contribution in [1.82, 2.24) is 4.57 Å².